The summed E-state index contributed by atoms with van der Waals surface area (Å²) in [5.41, 5.74) is 3.38. The van der Waals surface area contributed by atoms with Crippen molar-refractivity contribution in [2.45, 2.75) is 32.6 Å². The summed E-state index contributed by atoms with van der Waals surface area (Å²) >= 11 is 6.54. The number of fused-ring (bicyclic) bond motifs is 1. The SMILES string of the molecule is Cc1ccc(F)cc1C(=O)Nc1ccc(C(=O)N2CCC3(C=C(C(=O)O)CC3)Cc3ccccc32)c(Cl)c1. The second-order valence-corrected chi connectivity index (χ2v) is 10.4. The Morgan fingerprint density at radius 1 is 1.03 bits per heavy atom. The number of hydrogen-bond donors (Lipinski definition) is 2. The van der Waals surface area contributed by atoms with Crippen molar-refractivity contribution >= 4 is 40.8 Å². The number of aryl methyl sites for hydroxylation is 1. The summed E-state index contributed by atoms with van der Waals surface area (Å²) in [4.78, 5) is 39.7. The molecule has 3 aromatic carbocycles. The fourth-order valence-electron chi connectivity index (χ4n) is 5.41. The van der Waals surface area contributed by atoms with Crippen molar-refractivity contribution in [2.75, 3.05) is 16.8 Å². The number of hydrogen-bond acceptors (Lipinski definition) is 3. The summed E-state index contributed by atoms with van der Waals surface area (Å²) in [7, 11) is 0. The molecule has 1 heterocycles. The first-order valence-electron chi connectivity index (χ1n) is 12.4. The molecule has 1 spiro atoms. The number of nitrogens with one attached hydrogen (secondary N) is 1. The zero-order chi connectivity index (χ0) is 27.0. The van der Waals surface area contributed by atoms with Crippen molar-refractivity contribution < 1.29 is 23.9 Å². The van der Waals surface area contributed by atoms with Crippen LogP contribution in [0.4, 0.5) is 15.8 Å². The predicted octanol–water partition coefficient (Wildman–Crippen LogP) is 6.42. The summed E-state index contributed by atoms with van der Waals surface area (Å²) < 4.78 is 13.6. The molecule has 0 fully saturated rings. The number of benzene rings is 3. The highest BCUT2D eigenvalue weighted by Crippen LogP contribution is 2.46. The lowest BCUT2D eigenvalue weighted by atomic mass is 9.79. The van der Waals surface area contributed by atoms with Gasteiger partial charge in [-0.2, -0.15) is 0 Å². The van der Waals surface area contributed by atoms with Gasteiger partial charge in [0.1, 0.15) is 5.82 Å². The smallest absolute Gasteiger partial charge is 0.331 e. The van der Waals surface area contributed by atoms with Crippen LogP contribution in [-0.2, 0) is 11.2 Å². The minimum atomic E-state index is -0.890. The molecule has 5 rings (SSSR count). The summed E-state index contributed by atoms with van der Waals surface area (Å²) in [6.07, 6.45) is 4.40. The second-order valence-electron chi connectivity index (χ2n) is 9.96. The Morgan fingerprint density at radius 2 is 1.82 bits per heavy atom. The lowest BCUT2D eigenvalue weighted by molar-refractivity contribution is -0.132. The van der Waals surface area contributed by atoms with Gasteiger partial charge in [0.05, 0.1) is 10.6 Å². The third-order valence-electron chi connectivity index (χ3n) is 7.45. The zero-order valence-corrected chi connectivity index (χ0v) is 21.5. The lowest BCUT2D eigenvalue weighted by Crippen LogP contribution is -2.33. The molecule has 0 radical (unpaired) electrons. The molecular weight excluding hydrogens is 507 g/mol. The number of rotatable bonds is 4. The van der Waals surface area contributed by atoms with Crippen LogP contribution < -0.4 is 10.2 Å². The Hall–Kier alpha value is -3.97. The minimum absolute atomic E-state index is 0.175. The van der Waals surface area contributed by atoms with Crippen LogP contribution in [0.5, 0.6) is 0 Å². The first-order chi connectivity index (χ1) is 18.2. The molecule has 2 aliphatic rings. The Labute approximate surface area is 224 Å². The van der Waals surface area contributed by atoms with Crippen LogP contribution in [0.3, 0.4) is 0 Å². The van der Waals surface area contributed by atoms with Gasteiger partial charge >= 0.3 is 5.97 Å². The molecule has 3 aromatic rings. The van der Waals surface area contributed by atoms with E-state index in [9.17, 15) is 23.9 Å². The van der Waals surface area contributed by atoms with Gasteiger partial charge in [0, 0.05) is 29.1 Å². The molecule has 0 saturated carbocycles. The normalized spacial score (nSPS) is 18.5. The average Bonchev–Trinajstić information content (AvgIpc) is 3.23. The molecular formula is C30H26ClFN2O4. The van der Waals surface area contributed by atoms with Crippen LogP contribution in [0.2, 0.25) is 5.02 Å². The van der Waals surface area contributed by atoms with E-state index in [1.54, 1.807) is 24.0 Å². The maximum absolute atomic E-state index is 13.8. The maximum Gasteiger partial charge on any atom is 0.331 e. The van der Waals surface area contributed by atoms with Gasteiger partial charge in [0.2, 0.25) is 0 Å². The summed E-state index contributed by atoms with van der Waals surface area (Å²) in [6, 6.07) is 16.3. The van der Waals surface area contributed by atoms with Crippen LogP contribution in [-0.4, -0.2) is 29.4 Å². The lowest BCUT2D eigenvalue weighted by Gasteiger charge is -2.26. The molecule has 38 heavy (non-hydrogen) atoms. The molecule has 2 N–H and O–H groups in total. The number of nitrogens with zero attached hydrogens (tertiary/aromatic N) is 1. The number of carboxylic acid groups (broad SMARTS) is 1. The highest BCUT2D eigenvalue weighted by atomic mass is 35.5. The topological polar surface area (TPSA) is 86.7 Å². The van der Waals surface area contributed by atoms with E-state index < -0.39 is 17.7 Å². The molecule has 0 bridgehead atoms. The third kappa shape index (κ3) is 4.94. The number of carbonyl (C=O) groups excluding carboxylic acids is 2. The van der Waals surface area contributed by atoms with E-state index in [-0.39, 0.29) is 27.5 Å². The highest BCUT2D eigenvalue weighted by molar-refractivity contribution is 6.35. The molecule has 0 saturated heterocycles. The molecule has 1 atom stereocenters. The van der Waals surface area contributed by atoms with Crippen molar-refractivity contribution in [3.8, 4) is 0 Å². The van der Waals surface area contributed by atoms with Crippen molar-refractivity contribution in [1.82, 2.24) is 0 Å². The van der Waals surface area contributed by atoms with E-state index in [1.165, 1.54) is 24.3 Å². The molecule has 8 heteroatoms. The van der Waals surface area contributed by atoms with Gasteiger partial charge < -0.3 is 15.3 Å². The van der Waals surface area contributed by atoms with Crippen LogP contribution in [0.25, 0.3) is 0 Å². The molecule has 0 aromatic heterocycles. The Bertz CT molecular complexity index is 1500. The monoisotopic (exact) mass is 532 g/mol. The fraction of sp³-hybridized carbons (Fsp3) is 0.233. The largest absolute Gasteiger partial charge is 0.478 e. The van der Waals surface area contributed by atoms with E-state index in [1.807, 2.05) is 30.3 Å². The van der Waals surface area contributed by atoms with E-state index in [4.69, 9.17) is 11.6 Å². The number of allylic oxidation sites excluding steroid dienone is 1. The summed E-state index contributed by atoms with van der Waals surface area (Å²) in [5.74, 6) is -2.15. The highest BCUT2D eigenvalue weighted by Gasteiger charge is 2.39. The van der Waals surface area contributed by atoms with Gasteiger partial charge in [-0.05, 0) is 85.5 Å². The number of halogens is 2. The Morgan fingerprint density at radius 3 is 2.55 bits per heavy atom. The Balaban J connectivity index is 1.40. The van der Waals surface area contributed by atoms with E-state index in [2.05, 4.69) is 5.32 Å². The summed E-state index contributed by atoms with van der Waals surface area (Å²) in [6.45, 7) is 2.13. The van der Waals surface area contributed by atoms with Crippen molar-refractivity contribution in [1.29, 1.82) is 0 Å². The minimum Gasteiger partial charge on any atom is -0.478 e. The van der Waals surface area contributed by atoms with Gasteiger partial charge in [-0.15, -0.1) is 0 Å². The van der Waals surface area contributed by atoms with Gasteiger partial charge in [-0.25, -0.2) is 9.18 Å². The number of para-hydroxylation sites is 1. The second kappa shape index (κ2) is 10.1. The molecule has 2 amide bonds. The number of amides is 2. The number of anilines is 2. The zero-order valence-electron chi connectivity index (χ0n) is 20.8. The quantitative estimate of drug-likeness (QED) is 0.406. The maximum atomic E-state index is 13.8. The molecule has 6 nitrogen and oxygen atoms in total. The van der Waals surface area contributed by atoms with Crippen LogP contribution >= 0.6 is 11.6 Å². The fourth-order valence-corrected chi connectivity index (χ4v) is 5.67. The molecule has 1 aliphatic heterocycles. The van der Waals surface area contributed by atoms with Crippen LogP contribution in [0.15, 0.2) is 72.3 Å². The van der Waals surface area contributed by atoms with Crippen LogP contribution in [0.1, 0.15) is 51.1 Å². The van der Waals surface area contributed by atoms with Crippen molar-refractivity contribution in [3.05, 3.63) is 105 Å². The first-order valence-corrected chi connectivity index (χ1v) is 12.8. The van der Waals surface area contributed by atoms with E-state index in [0.29, 0.717) is 42.6 Å². The van der Waals surface area contributed by atoms with Gasteiger partial charge in [-0.1, -0.05) is 41.9 Å². The van der Waals surface area contributed by atoms with Gasteiger partial charge in [0.25, 0.3) is 11.8 Å². The standard InChI is InChI=1S/C30H26ClFN2O4/c1-18-6-7-21(32)14-24(18)27(35)33-22-8-9-23(25(31)15-22)28(36)34-13-12-30(11-10-20(17-30)29(37)38)16-19-4-2-3-5-26(19)34/h2-9,14-15,17H,10-13,16H2,1H3,(H,33,35)(H,37,38). The molecule has 1 aliphatic carbocycles. The van der Waals surface area contributed by atoms with Gasteiger partial charge in [0.15, 0.2) is 0 Å². The van der Waals surface area contributed by atoms with Crippen LogP contribution in [0, 0.1) is 18.2 Å². The summed E-state index contributed by atoms with van der Waals surface area (Å²) in [5, 5.41) is 12.4. The molecule has 1 unspecified atom stereocenters. The average molecular weight is 533 g/mol. The number of aliphatic carboxylic acids is 1. The number of carbonyl (C=O) groups is 3. The van der Waals surface area contributed by atoms with E-state index in [0.717, 1.165) is 17.7 Å². The predicted molar refractivity (Wildman–Crippen MR) is 144 cm³/mol. The van der Waals surface area contributed by atoms with Crippen molar-refractivity contribution in [2.24, 2.45) is 5.41 Å². The van der Waals surface area contributed by atoms with Crippen molar-refractivity contribution in [3.63, 3.8) is 0 Å². The number of carboxylic acids is 1. The Kier molecular flexibility index (Phi) is 6.80. The first kappa shape index (κ1) is 25.7. The third-order valence-corrected chi connectivity index (χ3v) is 7.77. The van der Waals surface area contributed by atoms with E-state index >= 15 is 0 Å². The van der Waals surface area contributed by atoms with Gasteiger partial charge in [-0.3, -0.25) is 9.59 Å². The molecule has 194 valence electrons.